The van der Waals surface area contributed by atoms with Crippen LogP contribution in [0.1, 0.15) is 107 Å². The Morgan fingerprint density at radius 1 is 0.788 bits per heavy atom. The van der Waals surface area contributed by atoms with Crippen molar-refractivity contribution < 1.29 is 4.39 Å². The lowest BCUT2D eigenvalue weighted by atomic mass is 9.78. The molecule has 0 atom stereocenters. The average Bonchev–Trinajstić information content (AvgIpc) is 3.24. The fourth-order valence-corrected chi connectivity index (χ4v) is 5.93. The maximum absolute atomic E-state index is 14.1. The lowest BCUT2D eigenvalue weighted by Crippen LogP contribution is -2.15. The predicted molar refractivity (Wildman–Crippen MR) is 142 cm³/mol. The van der Waals surface area contributed by atoms with Gasteiger partial charge in [0.2, 0.25) is 0 Å². The van der Waals surface area contributed by atoms with Gasteiger partial charge >= 0.3 is 0 Å². The molecule has 3 aromatic rings. The number of aryl methyl sites for hydroxylation is 1. The Labute approximate surface area is 200 Å². The van der Waals surface area contributed by atoms with Crippen LogP contribution in [0, 0.1) is 12.7 Å². The van der Waals surface area contributed by atoms with Crippen molar-refractivity contribution >= 4 is 10.9 Å². The van der Waals surface area contributed by atoms with E-state index in [0.29, 0.717) is 11.8 Å². The molecule has 0 amide bonds. The fraction of sp³-hybridized carbons (Fsp3) is 0.484. The molecule has 0 radical (unpaired) electrons. The largest absolute Gasteiger partial charge is 0.313 e. The summed E-state index contributed by atoms with van der Waals surface area (Å²) in [5, 5.41) is 1.43. The van der Waals surface area contributed by atoms with Crippen molar-refractivity contribution in [3.63, 3.8) is 0 Å². The summed E-state index contributed by atoms with van der Waals surface area (Å²) < 4.78 is 16.6. The second kappa shape index (κ2) is 12.2. The van der Waals surface area contributed by atoms with Crippen LogP contribution in [-0.2, 0) is 0 Å². The zero-order valence-electron chi connectivity index (χ0n) is 21.0. The minimum atomic E-state index is -0.114. The first-order chi connectivity index (χ1) is 16.2. The summed E-state index contributed by atoms with van der Waals surface area (Å²) in [6.07, 6.45) is 13.3. The van der Waals surface area contributed by atoms with Crippen LogP contribution in [0.15, 0.2) is 55.6 Å². The molecule has 2 heteroatoms. The second-order valence-corrected chi connectivity index (χ2v) is 9.25. The van der Waals surface area contributed by atoms with Crippen molar-refractivity contribution in [2.75, 3.05) is 0 Å². The van der Waals surface area contributed by atoms with Crippen molar-refractivity contribution in [2.24, 2.45) is 0 Å². The van der Waals surface area contributed by atoms with Gasteiger partial charge in [-0.3, -0.25) is 0 Å². The van der Waals surface area contributed by atoms with E-state index in [-0.39, 0.29) is 5.82 Å². The van der Waals surface area contributed by atoms with Crippen LogP contribution in [0.4, 0.5) is 4.39 Å². The van der Waals surface area contributed by atoms with Crippen LogP contribution >= 0.6 is 0 Å². The molecule has 5 rings (SSSR count). The van der Waals surface area contributed by atoms with Gasteiger partial charge in [-0.25, -0.2) is 4.39 Å². The number of rotatable bonds is 3. The van der Waals surface area contributed by atoms with Gasteiger partial charge in [-0.2, -0.15) is 0 Å². The zero-order chi connectivity index (χ0) is 23.8. The number of hydrogen-bond donors (Lipinski definition) is 0. The molecular weight excluding hydrogens is 405 g/mol. The molecule has 0 unspecified atom stereocenters. The Balaban J connectivity index is 0.000000728. The van der Waals surface area contributed by atoms with Crippen LogP contribution in [0.2, 0.25) is 0 Å². The lowest BCUT2D eigenvalue weighted by Gasteiger charge is -2.29. The van der Waals surface area contributed by atoms with E-state index >= 15 is 0 Å². The quantitative estimate of drug-likeness (QED) is 0.352. The minimum absolute atomic E-state index is 0.114. The Hall–Kier alpha value is -2.35. The number of fused-ring (bicyclic) bond motifs is 1. The molecule has 2 aromatic carbocycles. The molecule has 0 aliphatic heterocycles. The van der Waals surface area contributed by atoms with E-state index in [2.05, 4.69) is 42.0 Å². The van der Waals surface area contributed by atoms with Gasteiger partial charge in [0.15, 0.2) is 0 Å². The molecule has 2 fully saturated rings. The Bertz CT molecular complexity index is 1020. The SMILES string of the molecule is C=C.CC.Cc1cc(-n2c(C3CCCCC3)c(C3CCCCC3)c3ccccc32)ccc1F. The number of halogens is 1. The Morgan fingerprint density at radius 2 is 1.36 bits per heavy atom. The molecule has 0 saturated heterocycles. The molecule has 1 nitrogen and oxygen atoms in total. The van der Waals surface area contributed by atoms with E-state index in [1.807, 2.05) is 32.9 Å². The summed E-state index contributed by atoms with van der Waals surface area (Å²) >= 11 is 0. The highest BCUT2D eigenvalue weighted by Crippen LogP contribution is 2.46. The topological polar surface area (TPSA) is 4.93 Å². The van der Waals surface area contributed by atoms with E-state index in [0.717, 1.165) is 11.3 Å². The van der Waals surface area contributed by atoms with Gasteiger partial charge in [-0.05, 0) is 79.8 Å². The molecule has 0 spiro atoms. The van der Waals surface area contributed by atoms with Crippen molar-refractivity contribution in [1.29, 1.82) is 0 Å². The first-order valence-corrected chi connectivity index (χ1v) is 13.1. The first-order valence-electron chi connectivity index (χ1n) is 13.1. The van der Waals surface area contributed by atoms with Crippen LogP contribution in [0.5, 0.6) is 0 Å². The number of para-hydroxylation sites is 1. The minimum Gasteiger partial charge on any atom is -0.313 e. The number of aromatic nitrogens is 1. The molecule has 2 aliphatic carbocycles. The van der Waals surface area contributed by atoms with Gasteiger partial charge in [0.25, 0.3) is 0 Å². The van der Waals surface area contributed by atoms with Crippen molar-refractivity contribution in [1.82, 2.24) is 4.57 Å². The molecule has 0 N–H and O–H groups in total. The second-order valence-electron chi connectivity index (χ2n) is 9.25. The maximum atomic E-state index is 14.1. The molecule has 1 aromatic heterocycles. The predicted octanol–water partition coefficient (Wildman–Crippen LogP) is 10.0. The standard InChI is InChI=1S/C27H32FN.C2H6.C2H4/c1-19-18-22(16-17-24(19)28)29-25-15-9-8-14-23(25)26(20-10-4-2-5-11-20)27(29)21-12-6-3-7-13-21;2*1-2/h8-9,14-18,20-21H,2-7,10-13H2,1H3;1-2H3;1-2H2. The lowest BCUT2D eigenvalue weighted by molar-refractivity contribution is 0.413. The zero-order valence-corrected chi connectivity index (χ0v) is 21.0. The summed E-state index contributed by atoms with van der Waals surface area (Å²) in [5.74, 6) is 1.18. The highest BCUT2D eigenvalue weighted by Gasteiger charge is 2.30. The van der Waals surface area contributed by atoms with Gasteiger partial charge in [0, 0.05) is 16.8 Å². The van der Waals surface area contributed by atoms with Crippen LogP contribution in [-0.4, -0.2) is 4.57 Å². The average molecular weight is 448 g/mol. The number of hydrogen-bond acceptors (Lipinski definition) is 0. The van der Waals surface area contributed by atoms with E-state index in [1.165, 1.54) is 75.1 Å². The third-order valence-electron chi connectivity index (χ3n) is 7.36. The van der Waals surface area contributed by atoms with Gasteiger partial charge in [-0.1, -0.05) is 70.6 Å². The van der Waals surface area contributed by atoms with Crippen LogP contribution < -0.4 is 0 Å². The molecule has 1 heterocycles. The summed E-state index contributed by atoms with van der Waals surface area (Å²) in [4.78, 5) is 0. The van der Waals surface area contributed by atoms with Crippen LogP contribution in [0.25, 0.3) is 16.6 Å². The molecular formula is C31H42FN. The van der Waals surface area contributed by atoms with E-state index in [4.69, 9.17) is 0 Å². The molecule has 0 bridgehead atoms. The normalized spacial score (nSPS) is 17.1. The van der Waals surface area contributed by atoms with Crippen molar-refractivity contribution in [3.05, 3.63) is 78.3 Å². The van der Waals surface area contributed by atoms with Gasteiger partial charge < -0.3 is 4.57 Å². The van der Waals surface area contributed by atoms with E-state index < -0.39 is 0 Å². The van der Waals surface area contributed by atoms with Crippen molar-refractivity contribution in [2.45, 2.75) is 96.8 Å². The van der Waals surface area contributed by atoms with E-state index in [9.17, 15) is 4.39 Å². The molecule has 178 valence electrons. The first kappa shape index (κ1) is 25.3. The summed E-state index contributed by atoms with van der Waals surface area (Å²) in [6.45, 7) is 11.9. The third kappa shape index (κ3) is 5.26. The van der Waals surface area contributed by atoms with Crippen molar-refractivity contribution in [3.8, 4) is 5.69 Å². The van der Waals surface area contributed by atoms with E-state index in [1.54, 1.807) is 17.3 Å². The molecule has 2 aliphatic rings. The molecule has 2 saturated carbocycles. The van der Waals surface area contributed by atoms with Gasteiger partial charge in [0.05, 0.1) is 5.52 Å². The highest BCUT2D eigenvalue weighted by atomic mass is 19.1. The fourth-order valence-electron chi connectivity index (χ4n) is 5.93. The summed E-state index contributed by atoms with van der Waals surface area (Å²) in [6, 6.07) is 14.6. The number of benzene rings is 2. The Kier molecular flexibility index (Phi) is 9.35. The summed E-state index contributed by atoms with van der Waals surface area (Å²) in [7, 11) is 0. The summed E-state index contributed by atoms with van der Waals surface area (Å²) in [5.41, 5.74) is 6.33. The smallest absolute Gasteiger partial charge is 0.126 e. The maximum Gasteiger partial charge on any atom is 0.126 e. The number of nitrogens with zero attached hydrogens (tertiary/aromatic N) is 1. The van der Waals surface area contributed by atoms with Crippen LogP contribution in [0.3, 0.4) is 0 Å². The van der Waals surface area contributed by atoms with Gasteiger partial charge in [0.1, 0.15) is 5.82 Å². The highest BCUT2D eigenvalue weighted by molar-refractivity contribution is 5.88. The third-order valence-corrected chi connectivity index (χ3v) is 7.36. The molecule has 33 heavy (non-hydrogen) atoms. The monoisotopic (exact) mass is 447 g/mol. The van der Waals surface area contributed by atoms with Gasteiger partial charge in [-0.15, -0.1) is 13.2 Å². The Morgan fingerprint density at radius 3 is 1.97 bits per heavy atom.